The van der Waals surface area contributed by atoms with Crippen LogP contribution in [0.5, 0.6) is 5.75 Å². The fourth-order valence-electron chi connectivity index (χ4n) is 1.99. The van der Waals surface area contributed by atoms with Crippen molar-refractivity contribution in [3.63, 3.8) is 0 Å². The third-order valence-corrected chi connectivity index (χ3v) is 2.95. The fraction of sp³-hybridized carbons (Fsp3) is 0.0667. The highest BCUT2D eigenvalue weighted by Gasteiger charge is 2.06. The van der Waals surface area contributed by atoms with Crippen molar-refractivity contribution < 1.29 is 5.11 Å². The summed E-state index contributed by atoms with van der Waals surface area (Å²) in [7, 11) is 0. The van der Waals surface area contributed by atoms with Crippen molar-refractivity contribution in [3.8, 4) is 5.75 Å². The van der Waals surface area contributed by atoms with Gasteiger partial charge in [-0.3, -0.25) is 0 Å². The van der Waals surface area contributed by atoms with Gasteiger partial charge < -0.3 is 10.4 Å². The first kappa shape index (κ1) is 11.5. The van der Waals surface area contributed by atoms with Gasteiger partial charge in [-0.25, -0.2) is 9.97 Å². The molecule has 3 rings (SSSR count). The molecule has 0 radical (unpaired) electrons. The highest BCUT2D eigenvalue weighted by Crippen LogP contribution is 2.26. The van der Waals surface area contributed by atoms with E-state index in [0.717, 1.165) is 11.2 Å². The number of para-hydroxylation sites is 1. The number of anilines is 1. The van der Waals surface area contributed by atoms with E-state index >= 15 is 0 Å². The number of nitrogens with zero attached hydrogens (tertiary/aromatic N) is 2. The van der Waals surface area contributed by atoms with Gasteiger partial charge in [-0.15, -0.1) is 0 Å². The van der Waals surface area contributed by atoms with E-state index in [9.17, 15) is 5.11 Å². The van der Waals surface area contributed by atoms with E-state index in [4.69, 9.17) is 0 Å². The molecule has 1 aromatic heterocycles. The van der Waals surface area contributed by atoms with Crippen LogP contribution in [0.25, 0.3) is 10.9 Å². The first-order chi connectivity index (χ1) is 9.34. The summed E-state index contributed by atoms with van der Waals surface area (Å²) in [5.74, 6) is 0.896. The van der Waals surface area contributed by atoms with Crippen LogP contribution in [-0.4, -0.2) is 15.1 Å². The summed E-state index contributed by atoms with van der Waals surface area (Å²) in [4.78, 5) is 8.33. The molecular formula is C15H13N3O. The smallest absolute Gasteiger partial charge is 0.142 e. The summed E-state index contributed by atoms with van der Waals surface area (Å²) < 4.78 is 0. The van der Waals surface area contributed by atoms with Crippen LogP contribution in [0.1, 0.15) is 5.56 Å². The number of fused-ring (bicyclic) bond motifs is 1. The Morgan fingerprint density at radius 1 is 0.947 bits per heavy atom. The quantitative estimate of drug-likeness (QED) is 0.751. The Labute approximate surface area is 110 Å². The summed E-state index contributed by atoms with van der Waals surface area (Å²) in [5.41, 5.74) is 1.74. The second kappa shape index (κ2) is 4.94. The lowest BCUT2D eigenvalue weighted by Gasteiger charge is -2.08. The summed E-state index contributed by atoms with van der Waals surface area (Å²) in [6, 6.07) is 15.4. The topological polar surface area (TPSA) is 58.0 Å². The monoisotopic (exact) mass is 251 g/mol. The van der Waals surface area contributed by atoms with Crippen LogP contribution in [0.4, 0.5) is 5.82 Å². The number of nitrogens with one attached hydrogen (secondary N) is 1. The lowest BCUT2D eigenvalue weighted by molar-refractivity contribution is 0.480. The van der Waals surface area contributed by atoms with Crippen LogP contribution < -0.4 is 5.32 Å². The molecule has 0 saturated heterocycles. The molecule has 2 N–H and O–H groups in total. The van der Waals surface area contributed by atoms with Gasteiger partial charge in [-0.05, 0) is 17.7 Å². The highest BCUT2D eigenvalue weighted by molar-refractivity contribution is 5.92. The van der Waals surface area contributed by atoms with Crippen molar-refractivity contribution in [1.82, 2.24) is 9.97 Å². The molecule has 4 nitrogen and oxygen atoms in total. The number of rotatable bonds is 3. The lowest BCUT2D eigenvalue weighted by atomic mass is 10.2. The minimum absolute atomic E-state index is 0.169. The number of hydrogen-bond acceptors (Lipinski definition) is 4. The van der Waals surface area contributed by atoms with Crippen molar-refractivity contribution in [2.75, 3.05) is 5.32 Å². The number of phenolic OH excluding ortho intramolecular Hbond substituents is 1. The Balaban J connectivity index is 1.91. The summed E-state index contributed by atoms with van der Waals surface area (Å²) in [5, 5.41) is 13.8. The van der Waals surface area contributed by atoms with E-state index in [1.54, 1.807) is 12.1 Å². The van der Waals surface area contributed by atoms with Crippen molar-refractivity contribution in [2.45, 2.75) is 6.54 Å². The molecule has 19 heavy (non-hydrogen) atoms. The van der Waals surface area contributed by atoms with Gasteiger partial charge in [0.1, 0.15) is 23.4 Å². The average Bonchev–Trinajstić information content (AvgIpc) is 2.47. The van der Waals surface area contributed by atoms with E-state index < -0.39 is 0 Å². The van der Waals surface area contributed by atoms with E-state index in [1.807, 2.05) is 36.4 Å². The van der Waals surface area contributed by atoms with Gasteiger partial charge in [0.2, 0.25) is 0 Å². The molecule has 2 aromatic carbocycles. The molecule has 0 spiro atoms. The van der Waals surface area contributed by atoms with Crippen LogP contribution in [0.2, 0.25) is 0 Å². The average molecular weight is 251 g/mol. The summed E-state index contributed by atoms with van der Waals surface area (Å²) in [6.45, 7) is 0.683. The Hall–Kier alpha value is -2.62. The Morgan fingerprint density at radius 2 is 1.79 bits per heavy atom. The zero-order valence-corrected chi connectivity index (χ0v) is 10.2. The maximum absolute atomic E-state index is 9.76. The van der Waals surface area contributed by atoms with Gasteiger partial charge in [0.05, 0.1) is 0 Å². The van der Waals surface area contributed by atoms with Crippen molar-refractivity contribution in [1.29, 1.82) is 0 Å². The zero-order chi connectivity index (χ0) is 13.1. The Bertz CT molecular complexity index is 698. The number of hydrogen-bond donors (Lipinski definition) is 2. The SMILES string of the molecule is Oc1cccc2c(NCc3ccccc3)ncnc12. The lowest BCUT2D eigenvalue weighted by Crippen LogP contribution is -2.02. The van der Waals surface area contributed by atoms with Crippen LogP contribution in [-0.2, 0) is 6.54 Å². The van der Waals surface area contributed by atoms with Crippen molar-refractivity contribution >= 4 is 16.7 Å². The molecule has 3 aromatic rings. The minimum atomic E-state index is 0.169. The van der Waals surface area contributed by atoms with E-state index in [-0.39, 0.29) is 5.75 Å². The van der Waals surface area contributed by atoms with Crippen LogP contribution in [0, 0.1) is 0 Å². The zero-order valence-electron chi connectivity index (χ0n) is 10.2. The minimum Gasteiger partial charge on any atom is -0.506 e. The molecule has 0 atom stereocenters. The van der Waals surface area contributed by atoms with Gasteiger partial charge in [0.15, 0.2) is 0 Å². The highest BCUT2D eigenvalue weighted by atomic mass is 16.3. The standard InChI is InChI=1S/C15H13N3O/c19-13-8-4-7-12-14(13)17-10-18-15(12)16-9-11-5-2-1-3-6-11/h1-8,10,19H,9H2,(H,16,17,18). The first-order valence-corrected chi connectivity index (χ1v) is 6.05. The largest absolute Gasteiger partial charge is 0.506 e. The predicted molar refractivity (Wildman–Crippen MR) is 75.0 cm³/mol. The maximum atomic E-state index is 9.76. The molecular weight excluding hydrogens is 238 g/mol. The third kappa shape index (κ3) is 2.33. The van der Waals surface area contributed by atoms with Gasteiger partial charge in [-0.1, -0.05) is 36.4 Å². The molecule has 94 valence electrons. The molecule has 0 aliphatic heterocycles. The number of aromatic nitrogens is 2. The van der Waals surface area contributed by atoms with Crippen LogP contribution >= 0.6 is 0 Å². The van der Waals surface area contributed by atoms with Gasteiger partial charge in [-0.2, -0.15) is 0 Å². The Kier molecular flexibility index (Phi) is 2.98. The van der Waals surface area contributed by atoms with Crippen LogP contribution in [0.3, 0.4) is 0 Å². The van der Waals surface area contributed by atoms with Crippen molar-refractivity contribution in [3.05, 3.63) is 60.4 Å². The van der Waals surface area contributed by atoms with Gasteiger partial charge in [0.25, 0.3) is 0 Å². The van der Waals surface area contributed by atoms with E-state index in [1.165, 1.54) is 11.9 Å². The molecule has 0 fully saturated rings. The normalized spacial score (nSPS) is 10.5. The third-order valence-electron chi connectivity index (χ3n) is 2.95. The molecule has 4 heteroatoms. The second-order valence-electron chi connectivity index (χ2n) is 4.23. The second-order valence-corrected chi connectivity index (χ2v) is 4.23. The maximum Gasteiger partial charge on any atom is 0.142 e. The summed E-state index contributed by atoms with van der Waals surface area (Å²) in [6.07, 6.45) is 1.45. The van der Waals surface area contributed by atoms with Gasteiger partial charge >= 0.3 is 0 Å². The van der Waals surface area contributed by atoms with Crippen molar-refractivity contribution in [2.24, 2.45) is 0 Å². The Morgan fingerprint density at radius 3 is 2.63 bits per heavy atom. The van der Waals surface area contributed by atoms with Crippen LogP contribution in [0.15, 0.2) is 54.9 Å². The molecule has 0 unspecified atom stereocenters. The molecule has 0 saturated carbocycles. The van der Waals surface area contributed by atoms with E-state index in [0.29, 0.717) is 12.1 Å². The molecule has 0 bridgehead atoms. The molecule has 0 amide bonds. The van der Waals surface area contributed by atoms with E-state index in [2.05, 4.69) is 15.3 Å². The molecule has 1 heterocycles. The predicted octanol–water partition coefficient (Wildman–Crippen LogP) is 2.95. The number of phenols is 1. The number of benzene rings is 2. The fourth-order valence-corrected chi connectivity index (χ4v) is 1.99. The molecule has 0 aliphatic rings. The molecule has 0 aliphatic carbocycles. The number of aromatic hydroxyl groups is 1. The first-order valence-electron chi connectivity index (χ1n) is 6.05. The van der Waals surface area contributed by atoms with Gasteiger partial charge in [0, 0.05) is 11.9 Å². The summed E-state index contributed by atoms with van der Waals surface area (Å²) >= 11 is 0.